The Morgan fingerprint density at radius 1 is 1.42 bits per heavy atom. The van der Waals surface area contributed by atoms with Crippen molar-refractivity contribution < 1.29 is 4.74 Å². The molecule has 1 heterocycles. The van der Waals surface area contributed by atoms with E-state index < -0.39 is 0 Å². The predicted molar refractivity (Wildman–Crippen MR) is 77.9 cm³/mol. The number of hydrogen-bond donors (Lipinski definition) is 1. The topological polar surface area (TPSA) is 57.9 Å². The quantitative estimate of drug-likeness (QED) is 0.914. The number of methoxy groups -OCH3 is 1. The fraction of sp³-hybridized carbons (Fsp3) is 0.0769. The van der Waals surface area contributed by atoms with Crippen molar-refractivity contribution in [2.24, 2.45) is 0 Å². The van der Waals surface area contributed by atoms with Crippen molar-refractivity contribution in [1.82, 2.24) is 4.98 Å². The van der Waals surface area contributed by atoms with Crippen molar-refractivity contribution in [3.63, 3.8) is 0 Å². The molecule has 0 saturated heterocycles. The summed E-state index contributed by atoms with van der Waals surface area (Å²) in [6.07, 6.45) is 1.53. The molecule has 2 aromatic rings. The van der Waals surface area contributed by atoms with Crippen molar-refractivity contribution in [1.29, 1.82) is 5.26 Å². The van der Waals surface area contributed by atoms with Crippen molar-refractivity contribution in [3.8, 4) is 11.8 Å². The van der Waals surface area contributed by atoms with Gasteiger partial charge in [0, 0.05) is 11.9 Å². The lowest BCUT2D eigenvalue weighted by atomic mass is 10.2. The van der Waals surface area contributed by atoms with Crippen LogP contribution in [0.1, 0.15) is 5.56 Å². The van der Waals surface area contributed by atoms with Gasteiger partial charge in [0.1, 0.15) is 16.8 Å². The molecule has 19 heavy (non-hydrogen) atoms. The summed E-state index contributed by atoms with van der Waals surface area (Å²) in [6, 6.07) is 9.07. The minimum atomic E-state index is 0.303. The maximum Gasteiger partial charge on any atom is 0.150 e. The Morgan fingerprint density at radius 2 is 2.21 bits per heavy atom. The molecule has 0 aliphatic carbocycles. The van der Waals surface area contributed by atoms with E-state index in [2.05, 4.69) is 26.2 Å². The van der Waals surface area contributed by atoms with Crippen LogP contribution in [0.2, 0.25) is 5.02 Å². The highest BCUT2D eigenvalue weighted by Crippen LogP contribution is 2.31. The zero-order valence-electron chi connectivity index (χ0n) is 9.95. The molecule has 0 atom stereocenters. The highest BCUT2D eigenvalue weighted by molar-refractivity contribution is 9.10. The van der Waals surface area contributed by atoms with Gasteiger partial charge in [0.25, 0.3) is 0 Å². The van der Waals surface area contributed by atoms with E-state index in [1.54, 1.807) is 13.2 Å². The Labute approximate surface area is 124 Å². The Morgan fingerprint density at radius 3 is 2.84 bits per heavy atom. The van der Waals surface area contributed by atoms with Gasteiger partial charge in [0.05, 0.1) is 17.1 Å². The third-order valence-corrected chi connectivity index (χ3v) is 3.43. The number of pyridine rings is 1. The third-order valence-electron chi connectivity index (χ3n) is 2.42. The molecule has 0 saturated carbocycles. The van der Waals surface area contributed by atoms with E-state index in [0.717, 1.165) is 15.9 Å². The molecule has 96 valence electrons. The van der Waals surface area contributed by atoms with Gasteiger partial charge in [-0.1, -0.05) is 11.6 Å². The predicted octanol–water partition coefficient (Wildman–Crippen LogP) is 4.12. The Balaban J connectivity index is 2.32. The Bertz CT molecular complexity index is 655. The summed E-state index contributed by atoms with van der Waals surface area (Å²) in [5.74, 6) is 1.17. The number of nitriles is 1. The van der Waals surface area contributed by atoms with E-state index in [4.69, 9.17) is 21.6 Å². The first kappa shape index (κ1) is 13.7. The lowest BCUT2D eigenvalue weighted by Crippen LogP contribution is -1.96. The number of anilines is 2. The van der Waals surface area contributed by atoms with E-state index in [1.165, 1.54) is 6.20 Å². The number of aromatic nitrogens is 1. The molecule has 0 aliphatic rings. The fourth-order valence-corrected chi connectivity index (χ4v) is 2.24. The molecule has 1 aromatic heterocycles. The first-order valence-corrected chi connectivity index (χ1v) is 6.48. The number of hydrogen-bond acceptors (Lipinski definition) is 4. The second-order valence-electron chi connectivity index (χ2n) is 3.61. The van der Waals surface area contributed by atoms with Crippen LogP contribution in [-0.2, 0) is 0 Å². The molecule has 4 nitrogen and oxygen atoms in total. The summed E-state index contributed by atoms with van der Waals surface area (Å²) < 4.78 is 5.96. The molecule has 0 bridgehead atoms. The van der Waals surface area contributed by atoms with Crippen LogP contribution < -0.4 is 10.1 Å². The maximum absolute atomic E-state index is 8.91. The van der Waals surface area contributed by atoms with E-state index in [9.17, 15) is 0 Å². The summed E-state index contributed by atoms with van der Waals surface area (Å²) in [5, 5.41) is 12.3. The largest absolute Gasteiger partial charge is 0.496 e. The first-order valence-electron chi connectivity index (χ1n) is 5.31. The van der Waals surface area contributed by atoms with Crippen LogP contribution >= 0.6 is 27.5 Å². The maximum atomic E-state index is 8.91. The molecule has 6 heteroatoms. The van der Waals surface area contributed by atoms with E-state index in [0.29, 0.717) is 16.4 Å². The number of nitrogens with one attached hydrogen (secondary N) is 1. The molecule has 0 amide bonds. The number of nitrogens with zero attached hydrogens (tertiary/aromatic N) is 2. The highest BCUT2D eigenvalue weighted by atomic mass is 79.9. The van der Waals surface area contributed by atoms with Crippen LogP contribution in [0.5, 0.6) is 5.75 Å². The van der Waals surface area contributed by atoms with Gasteiger partial charge in [-0.3, -0.25) is 0 Å². The number of ether oxygens (including phenoxy) is 1. The number of rotatable bonds is 3. The van der Waals surface area contributed by atoms with Crippen LogP contribution in [0.15, 0.2) is 34.9 Å². The molecular formula is C13H9BrClN3O. The van der Waals surface area contributed by atoms with E-state index >= 15 is 0 Å². The number of benzene rings is 1. The minimum Gasteiger partial charge on any atom is -0.496 e. The molecule has 0 radical (unpaired) electrons. The molecule has 0 fully saturated rings. The molecule has 0 aliphatic heterocycles. The average Bonchev–Trinajstić information content (AvgIpc) is 2.41. The summed E-state index contributed by atoms with van der Waals surface area (Å²) >= 11 is 9.47. The van der Waals surface area contributed by atoms with Gasteiger partial charge in [-0.25, -0.2) is 4.98 Å². The van der Waals surface area contributed by atoms with Crippen LogP contribution in [0.4, 0.5) is 11.5 Å². The molecule has 0 spiro atoms. The molecule has 1 aromatic carbocycles. The van der Waals surface area contributed by atoms with Gasteiger partial charge in [-0.15, -0.1) is 0 Å². The second-order valence-corrected chi connectivity index (χ2v) is 4.84. The Kier molecular flexibility index (Phi) is 4.25. The highest BCUT2D eigenvalue weighted by Gasteiger charge is 2.08. The van der Waals surface area contributed by atoms with Gasteiger partial charge in [0.15, 0.2) is 5.82 Å². The molecule has 2 rings (SSSR count). The Hall–Kier alpha value is -1.77. The zero-order valence-corrected chi connectivity index (χ0v) is 12.3. The normalized spacial score (nSPS) is 9.79. The minimum absolute atomic E-state index is 0.303. The summed E-state index contributed by atoms with van der Waals surface area (Å²) in [7, 11) is 1.60. The van der Waals surface area contributed by atoms with Crippen LogP contribution in [0, 0.1) is 11.3 Å². The smallest absolute Gasteiger partial charge is 0.150 e. The summed E-state index contributed by atoms with van der Waals surface area (Å²) in [6.45, 7) is 0. The van der Waals surface area contributed by atoms with Crippen LogP contribution in [0.3, 0.4) is 0 Å². The third kappa shape index (κ3) is 2.98. The van der Waals surface area contributed by atoms with Gasteiger partial charge < -0.3 is 10.1 Å². The molecular weight excluding hydrogens is 330 g/mol. The standard InChI is InChI=1S/C13H9BrClN3O/c1-19-11-3-2-9(6-10(11)14)18-13-12(15)8(7-16)4-5-17-13/h2-6H,1H3,(H,17,18). The van der Waals surface area contributed by atoms with Gasteiger partial charge in [0.2, 0.25) is 0 Å². The van der Waals surface area contributed by atoms with Crippen molar-refractivity contribution in [2.45, 2.75) is 0 Å². The van der Waals surface area contributed by atoms with Gasteiger partial charge in [-0.2, -0.15) is 5.26 Å². The van der Waals surface area contributed by atoms with Crippen molar-refractivity contribution in [2.75, 3.05) is 12.4 Å². The fourth-order valence-electron chi connectivity index (χ4n) is 1.50. The zero-order chi connectivity index (χ0) is 13.8. The number of halogens is 2. The van der Waals surface area contributed by atoms with Crippen molar-refractivity contribution >= 4 is 39.0 Å². The average molecular weight is 339 g/mol. The van der Waals surface area contributed by atoms with Gasteiger partial charge >= 0.3 is 0 Å². The second kappa shape index (κ2) is 5.91. The van der Waals surface area contributed by atoms with Crippen LogP contribution in [-0.4, -0.2) is 12.1 Å². The van der Waals surface area contributed by atoms with Crippen molar-refractivity contribution in [3.05, 3.63) is 45.5 Å². The monoisotopic (exact) mass is 337 g/mol. The lowest BCUT2D eigenvalue weighted by molar-refractivity contribution is 0.412. The SMILES string of the molecule is COc1ccc(Nc2nccc(C#N)c2Cl)cc1Br. The van der Waals surface area contributed by atoms with E-state index in [1.807, 2.05) is 24.3 Å². The first-order chi connectivity index (χ1) is 9.15. The van der Waals surface area contributed by atoms with Gasteiger partial charge in [-0.05, 0) is 40.2 Å². The molecule has 1 N–H and O–H groups in total. The molecule has 0 unspecified atom stereocenters. The lowest BCUT2D eigenvalue weighted by Gasteiger charge is -2.10. The van der Waals surface area contributed by atoms with E-state index in [-0.39, 0.29) is 0 Å². The summed E-state index contributed by atoms with van der Waals surface area (Å²) in [5.41, 5.74) is 1.17. The summed E-state index contributed by atoms with van der Waals surface area (Å²) in [4.78, 5) is 4.11. The van der Waals surface area contributed by atoms with Crippen LogP contribution in [0.25, 0.3) is 0 Å².